The molecule has 2 atom stereocenters. The Bertz CT molecular complexity index is 469. The van der Waals surface area contributed by atoms with E-state index in [-0.39, 0.29) is 0 Å². The van der Waals surface area contributed by atoms with Crippen LogP contribution >= 0.6 is 15.9 Å². The van der Waals surface area contributed by atoms with E-state index in [1.165, 1.54) is 55.4 Å². The second-order valence-corrected chi connectivity index (χ2v) is 7.28. The predicted octanol–water partition coefficient (Wildman–Crippen LogP) is 3.99. The van der Waals surface area contributed by atoms with Crippen molar-refractivity contribution in [3.63, 3.8) is 0 Å². The van der Waals surface area contributed by atoms with E-state index in [4.69, 9.17) is 0 Å². The molecule has 3 nitrogen and oxygen atoms in total. The van der Waals surface area contributed by atoms with Gasteiger partial charge in [0, 0.05) is 19.6 Å². The zero-order chi connectivity index (χ0) is 14.1. The molecular formula is C16H26BrN3. The molecule has 2 heterocycles. The van der Waals surface area contributed by atoms with Crippen LogP contribution in [-0.2, 0) is 13.1 Å². The Labute approximate surface area is 130 Å². The maximum Gasteiger partial charge on any atom is 0.0739 e. The largest absolute Gasteiger partial charge is 0.297 e. The molecule has 112 valence electrons. The van der Waals surface area contributed by atoms with Gasteiger partial charge in [-0.3, -0.25) is 9.58 Å². The summed E-state index contributed by atoms with van der Waals surface area (Å²) >= 11 is 3.73. The summed E-state index contributed by atoms with van der Waals surface area (Å²) in [7, 11) is 0. The highest BCUT2D eigenvalue weighted by molar-refractivity contribution is 9.10. The van der Waals surface area contributed by atoms with Crippen LogP contribution in [0.2, 0.25) is 0 Å². The van der Waals surface area contributed by atoms with Gasteiger partial charge in [0.25, 0.3) is 0 Å². The zero-order valence-corrected chi connectivity index (χ0v) is 14.3. The summed E-state index contributed by atoms with van der Waals surface area (Å²) in [4.78, 5) is 2.65. The Morgan fingerprint density at radius 3 is 2.70 bits per heavy atom. The first-order chi connectivity index (χ1) is 9.69. The Morgan fingerprint density at radius 2 is 1.95 bits per heavy atom. The molecule has 4 heteroatoms. The lowest BCUT2D eigenvalue weighted by molar-refractivity contribution is 0.0801. The summed E-state index contributed by atoms with van der Waals surface area (Å²) in [5, 5.41) is 4.62. The van der Waals surface area contributed by atoms with Crippen molar-refractivity contribution in [2.75, 3.05) is 13.1 Å². The van der Waals surface area contributed by atoms with Crippen molar-refractivity contribution in [1.29, 1.82) is 0 Å². The van der Waals surface area contributed by atoms with E-state index in [2.05, 4.69) is 44.5 Å². The summed E-state index contributed by atoms with van der Waals surface area (Å²) in [6, 6.07) is 0. The van der Waals surface area contributed by atoms with Crippen molar-refractivity contribution in [3.05, 3.63) is 15.9 Å². The molecule has 0 aromatic carbocycles. The monoisotopic (exact) mass is 339 g/mol. The first kappa shape index (κ1) is 14.6. The summed E-state index contributed by atoms with van der Waals surface area (Å²) in [5.41, 5.74) is 2.48. The van der Waals surface area contributed by atoms with Gasteiger partial charge in [0.05, 0.1) is 15.9 Å². The highest BCUT2D eigenvalue weighted by atomic mass is 79.9. The molecule has 2 fully saturated rings. The fourth-order valence-corrected chi connectivity index (χ4v) is 4.46. The Morgan fingerprint density at radius 1 is 1.20 bits per heavy atom. The number of halogens is 1. The van der Waals surface area contributed by atoms with Crippen LogP contribution in [0.3, 0.4) is 0 Å². The minimum Gasteiger partial charge on any atom is -0.297 e. The number of rotatable bonds is 3. The van der Waals surface area contributed by atoms with E-state index in [0.29, 0.717) is 0 Å². The molecule has 1 saturated carbocycles. The Hall–Kier alpha value is -0.350. The maximum atomic E-state index is 4.62. The molecule has 1 aliphatic heterocycles. The number of fused-ring (bicyclic) bond motifs is 1. The molecule has 1 aromatic heterocycles. The number of aromatic nitrogens is 2. The van der Waals surface area contributed by atoms with Crippen LogP contribution in [0.25, 0.3) is 0 Å². The smallest absolute Gasteiger partial charge is 0.0739 e. The van der Waals surface area contributed by atoms with E-state index < -0.39 is 0 Å². The fourth-order valence-electron chi connectivity index (χ4n) is 4.05. The van der Waals surface area contributed by atoms with Crippen LogP contribution in [-0.4, -0.2) is 27.8 Å². The molecule has 2 aliphatic rings. The van der Waals surface area contributed by atoms with Crippen LogP contribution in [0.4, 0.5) is 0 Å². The van der Waals surface area contributed by atoms with E-state index in [1.54, 1.807) is 0 Å². The molecule has 0 radical (unpaired) electrons. The Balaban J connectivity index is 1.69. The summed E-state index contributed by atoms with van der Waals surface area (Å²) < 4.78 is 3.37. The van der Waals surface area contributed by atoms with E-state index in [9.17, 15) is 0 Å². The van der Waals surface area contributed by atoms with Gasteiger partial charge in [-0.1, -0.05) is 19.3 Å². The van der Waals surface area contributed by atoms with Gasteiger partial charge in [0.1, 0.15) is 0 Å². The number of likely N-dealkylation sites (tertiary alicyclic amines) is 1. The topological polar surface area (TPSA) is 21.1 Å². The van der Waals surface area contributed by atoms with Crippen LogP contribution in [0, 0.1) is 18.8 Å². The normalized spacial score (nSPS) is 27.6. The third-order valence-corrected chi connectivity index (χ3v) is 6.23. The van der Waals surface area contributed by atoms with Crippen LogP contribution < -0.4 is 0 Å². The Kier molecular flexibility index (Phi) is 4.51. The minimum absolute atomic E-state index is 0.954. The molecule has 3 rings (SSSR count). The number of piperidine rings is 1. The van der Waals surface area contributed by atoms with Crippen molar-refractivity contribution in [3.8, 4) is 0 Å². The minimum atomic E-state index is 0.954. The van der Waals surface area contributed by atoms with E-state index in [1.807, 2.05) is 0 Å². The van der Waals surface area contributed by atoms with Crippen molar-refractivity contribution in [1.82, 2.24) is 14.7 Å². The quantitative estimate of drug-likeness (QED) is 0.830. The second-order valence-electron chi connectivity index (χ2n) is 6.49. The molecule has 20 heavy (non-hydrogen) atoms. The van der Waals surface area contributed by atoms with Gasteiger partial charge in [0.15, 0.2) is 0 Å². The van der Waals surface area contributed by atoms with Crippen LogP contribution in [0.5, 0.6) is 0 Å². The second kappa shape index (κ2) is 6.18. The van der Waals surface area contributed by atoms with Crippen LogP contribution in [0.1, 0.15) is 50.4 Å². The predicted molar refractivity (Wildman–Crippen MR) is 85.7 cm³/mol. The first-order valence-electron chi connectivity index (χ1n) is 8.13. The number of nitrogens with zero attached hydrogens (tertiary/aromatic N) is 3. The molecule has 1 aromatic rings. The summed E-state index contributed by atoms with van der Waals surface area (Å²) in [6.07, 6.45) is 7.25. The molecule has 1 saturated heterocycles. The van der Waals surface area contributed by atoms with Crippen molar-refractivity contribution >= 4 is 15.9 Å². The third kappa shape index (κ3) is 2.82. The molecule has 0 bridgehead atoms. The molecular weight excluding hydrogens is 314 g/mol. The van der Waals surface area contributed by atoms with Crippen molar-refractivity contribution in [2.24, 2.45) is 11.8 Å². The van der Waals surface area contributed by atoms with E-state index in [0.717, 1.165) is 30.6 Å². The first-order valence-corrected chi connectivity index (χ1v) is 8.92. The fraction of sp³-hybridized carbons (Fsp3) is 0.812. The maximum absolute atomic E-state index is 4.62. The van der Waals surface area contributed by atoms with Gasteiger partial charge >= 0.3 is 0 Å². The zero-order valence-electron chi connectivity index (χ0n) is 12.7. The lowest BCUT2D eigenvalue weighted by atomic mass is 9.75. The van der Waals surface area contributed by atoms with Gasteiger partial charge in [-0.05, 0) is 61.0 Å². The van der Waals surface area contributed by atoms with Gasteiger partial charge in [-0.15, -0.1) is 0 Å². The lowest BCUT2D eigenvalue weighted by Gasteiger charge is -2.41. The van der Waals surface area contributed by atoms with Crippen molar-refractivity contribution < 1.29 is 0 Å². The molecule has 2 unspecified atom stereocenters. The van der Waals surface area contributed by atoms with Gasteiger partial charge in [-0.25, -0.2) is 0 Å². The molecule has 0 spiro atoms. The SMILES string of the molecule is CCn1nc(C)c(Br)c1CN1CCC2CCCCC2C1. The third-order valence-electron chi connectivity index (χ3n) is 5.20. The molecule has 1 aliphatic carbocycles. The van der Waals surface area contributed by atoms with Gasteiger partial charge < -0.3 is 0 Å². The van der Waals surface area contributed by atoms with Crippen LogP contribution in [0.15, 0.2) is 4.47 Å². The average molecular weight is 340 g/mol. The summed E-state index contributed by atoms with van der Waals surface area (Å²) in [5.74, 6) is 1.97. The standard InChI is InChI=1S/C16H26BrN3/c1-3-20-15(16(17)12(2)18-20)11-19-9-8-13-6-4-5-7-14(13)10-19/h13-14H,3-11H2,1-2H3. The molecule has 0 N–H and O–H groups in total. The molecule has 0 amide bonds. The van der Waals surface area contributed by atoms with Gasteiger partial charge in [-0.2, -0.15) is 5.10 Å². The number of aryl methyl sites for hydroxylation is 2. The summed E-state index contributed by atoms with van der Waals surface area (Å²) in [6.45, 7) is 8.84. The van der Waals surface area contributed by atoms with Crippen molar-refractivity contribution in [2.45, 2.75) is 59.0 Å². The highest BCUT2D eigenvalue weighted by Crippen LogP contribution is 2.36. The lowest BCUT2D eigenvalue weighted by Crippen LogP contribution is -2.41. The van der Waals surface area contributed by atoms with E-state index >= 15 is 0 Å². The number of hydrogen-bond donors (Lipinski definition) is 0. The average Bonchev–Trinajstić information content (AvgIpc) is 2.75. The number of hydrogen-bond acceptors (Lipinski definition) is 2. The highest BCUT2D eigenvalue weighted by Gasteiger charge is 2.31. The van der Waals surface area contributed by atoms with Gasteiger partial charge in [0.2, 0.25) is 0 Å².